The van der Waals surface area contributed by atoms with Crippen molar-refractivity contribution in [2.45, 2.75) is 58.5 Å². The third kappa shape index (κ3) is 4.09. The molecule has 1 fully saturated rings. The molecular formula is C21H28N2O2S. The molecule has 0 aliphatic carbocycles. The molecule has 1 aromatic heterocycles. The van der Waals surface area contributed by atoms with Gasteiger partial charge in [0.25, 0.3) is 11.1 Å². The first-order valence-electron chi connectivity index (χ1n) is 9.05. The minimum absolute atomic E-state index is 0.00171. The molecule has 1 aliphatic rings. The quantitative estimate of drug-likeness (QED) is 0.788. The highest BCUT2D eigenvalue weighted by Crippen LogP contribution is 2.31. The van der Waals surface area contributed by atoms with Crippen molar-refractivity contribution in [3.8, 4) is 5.19 Å². The normalized spacial score (nSPS) is 15.7. The van der Waals surface area contributed by atoms with Crippen molar-refractivity contribution in [3.05, 3.63) is 46.5 Å². The van der Waals surface area contributed by atoms with Crippen molar-refractivity contribution >= 4 is 17.2 Å². The van der Waals surface area contributed by atoms with Gasteiger partial charge in [-0.3, -0.25) is 4.79 Å². The molecule has 4 nitrogen and oxygen atoms in total. The Labute approximate surface area is 160 Å². The largest absolute Gasteiger partial charge is 0.463 e. The van der Waals surface area contributed by atoms with Crippen LogP contribution in [0.3, 0.4) is 0 Å². The van der Waals surface area contributed by atoms with Gasteiger partial charge >= 0.3 is 0 Å². The van der Waals surface area contributed by atoms with E-state index in [1.807, 2.05) is 22.4 Å². The fourth-order valence-corrected chi connectivity index (χ4v) is 3.44. The number of thiazole rings is 1. The Morgan fingerprint density at radius 1 is 1.08 bits per heavy atom. The summed E-state index contributed by atoms with van der Waals surface area (Å²) in [5, 5.41) is 2.56. The van der Waals surface area contributed by atoms with E-state index in [9.17, 15) is 4.79 Å². The highest BCUT2D eigenvalue weighted by molar-refractivity contribution is 7.11. The lowest BCUT2D eigenvalue weighted by molar-refractivity contribution is 0.0177. The maximum Gasteiger partial charge on any atom is 0.273 e. The summed E-state index contributed by atoms with van der Waals surface area (Å²) in [5.74, 6) is 0.0839. The first-order valence-corrected chi connectivity index (χ1v) is 9.93. The minimum atomic E-state index is 0.00171. The van der Waals surface area contributed by atoms with E-state index < -0.39 is 0 Å². The van der Waals surface area contributed by atoms with Crippen LogP contribution < -0.4 is 4.74 Å². The first-order chi connectivity index (χ1) is 12.0. The smallest absolute Gasteiger partial charge is 0.273 e. The van der Waals surface area contributed by atoms with Crippen LogP contribution in [0.5, 0.6) is 5.19 Å². The number of ether oxygens (including phenoxy) is 1. The second kappa shape index (κ2) is 6.69. The van der Waals surface area contributed by atoms with Gasteiger partial charge in [0.05, 0.1) is 13.1 Å². The molecule has 0 radical (unpaired) electrons. The van der Waals surface area contributed by atoms with Gasteiger partial charge in [-0.15, -0.1) is 0 Å². The lowest BCUT2D eigenvalue weighted by atomic mass is 9.79. The Morgan fingerprint density at radius 2 is 1.65 bits per heavy atom. The maximum absolute atomic E-state index is 13.0. The third-order valence-corrected chi connectivity index (χ3v) is 5.39. The zero-order valence-electron chi connectivity index (χ0n) is 16.5. The van der Waals surface area contributed by atoms with Crippen LogP contribution in [-0.4, -0.2) is 35.0 Å². The highest BCUT2D eigenvalue weighted by atomic mass is 32.1. The molecule has 0 unspecified atom stereocenters. The van der Waals surface area contributed by atoms with Crippen LogP contribution in [0.15, 0.2) is 29.8 Å². The van der Waals surface area contributed by atoms with Crippen LogP contribution in [0.25, 0.3) is 0 Å². The van der Waals surface area contributed by atoms with E-state index >= 15 is 0 Å². The van der Waals surface area contributed by atoms with Crippen molar-refractivity contribution in [1.82, 2.24) is 9.88 Å². The second-order valence-corrected chi connectivity index (χ2v) is 9.90. The van der Waals surface area contributed by atoms with Crippen LogP contribution in [0.4, 0.5) is 0 Å². The van der Waals surface area contributed by atoms with Crippen LogP contribution >= 0.6 is 11.3 Å². The zero-order valence-corrected chi connectivity index (χ0v) is 17.3. The molecule has 5 heteroatoms. The number of hydrogen-bond acceptors (Lipinski definition) is 4. The molecule has 0 N–H and O–H groups in total. The maximum atomic E-state index is 13.0. The predicted molar refractivity (Wildman–Crippen MR) is 106 cm³/mol. The number of amides is 1. The number of hydrogen-bond donors (Lipinski definition) is 0. The van der Waals surface area contributed by atoms with E-state index in [0.717, 1.165) is 5.56 Å². The predicted octanol–water partition coefficient (Wildman–Crippen LogP) is 4.64. The van der Waals surface area contributed by atoms with E-state index in [2.05, 4.69) is 52.6 Å². The van der Waals surface area contributed by atoms with Gasteiger partial charge in [0, 0.05) is 17.1 Å². The van der Waals surface area contributed by atoms with E-state index in [1.54, 1.807) is 6.20 Å². The summed E-state index contributed by atoms with van der Waals surface area (Å²) in [6.07, 6.45) is 1.77. The Kier molecular flexibility index (Phi) is 4.86. The molecule has 1 aromatic carbocycles. The average molecular weight is 373 g/mol. The molecule has 2 heterocycles. The summed E-state index contributed by atoms with van der Waals surface area (Å²) in [4.78, 5) is 19.0. The average Bonchev–Trinajstić information content (AvgIpc) is 3.00. The van der Waals surface area contributed by atoms with Gasteiger partial charge < -0.3 is 9.64 Å². The van der Waals surface area contributed by atoms with Gasteiger partial charge in [0.1, 0.15) is 6.10 Å². The molecule has 1 saturated heterocycles. The van der Waals surface area contributed by atoms with Gasteiger partial charge in [0.2, 0.25) is 0 Å². The number of carbonyl (C=O) groups is 1. The van der Waals surface area contributed by atoms with Gasteiger partial charge in [-0.05, 0) is 34.1 Å². The van der Waals surface area contributed by atoms with Crippen molar-refractivity contribution in [1.29, 1.82) is 0 Å². The number of benzene rings is 1. The molecule has 1 amide bonds. The van der Waals surface area contributed by atoms with Gasteiger partial charge in [-0.25, -0.2) is 4.98 Å². The summed E-state index contributed by atoms with van der Waals surface area (Å²) in [6.45, 7) is 14.3. The summed E-state index contributed by atoms with van der Waals surface area (Å²) in [7, 11) is 0. The molecule has 2 aromatic rings. The summed E-state index contributed by atoms with van der Waals surface area (Å²) >= 11 is 1.48. The topological polar surface area (TPSA) is 42.4 Å². The Hall–Kier alpha value is -1.88. The van der Waals surface area contributed by atoms with Crippen LogP contribution in [0.1, 0.15) is 63.0 Å². The van der Waals surface area contributed by atoms with E-state index in [4.69, 9.17) is 4.74 Å². The van der Waals surface area contributed by atoms with Gasteiger partial charge in [0.15, 0.2) is 0 Å². The van der Waals surface area contributed by atoms with Gasteiger partial charge in [-0.2, -0.15) is 0 Å². The number of rotatable bonds is 3. The molecular weight excluding hydrogens is 344 g/mol. The lowest BCUT2D eigenvalue weighted by Gasteiger charge is -2.38. The van der Waals surface area contributed by atoms with E-state index in [0.29, 0.717) is 18.3 Å². The Balaban J connectivity index is 1.77. The summed E-state index contributed by atoms with van der Waals surface area (Å²) in [5.41, 5.74) is 3.17. The van der Waals surface area contributed by atoms with Gasteiger partial charge in [-0.1, -0.05) is 58.9 Å². The summed E-state index contributed by atoms with van der Waals surface area (Å²) in [6, 6.07) is 6.33. The molecule has 140 valence electrons. The SMILES string of the molecule is CC(C)(C)c1cc(C(=O)N2CC(Oc3nccs3)C2)cc(C(C)(C)C)c1. The molecule has 1 aliphatic heterocycles. The van der Waals surface area contributed by atoms with Crippen LogP contribution in [0, 0.1) is 0 Å². The van der Waals surface area contributed by atoms with E-state index in [-0.39, 0.29) is 22.8 Å². The number of likely N-dealkylation sites (tertiary alicyclic amines) is 1. The molecule has 0 saturated carbocycles. The number of carbonyl (C=O) groups excluding carboxylic acids is 1. The van der Waals surface area contributed by atoms with Crippen LogP contribution in [0.2, 0.25) is 0 Å². The molecule has 0 spiro atoms. The molecule has 0 bridgehead atoms. The molecule has 0 atom stereocenters. The Bertz CT molecular complexity index is 747. The minimum Gasteiger partial charge on any atom is -0.463 e. The fraction of sp³-hybridized carbons (Fsp3) is 0.524. The first kappa shape index (κ1) is 18.9. The zero-order chi connectivity index (χ0) is 19.1. The fourth-order valence-electron chi connectivity index (χ4n) is 2.89. The molecule has 26 heavy (non-hydrogen) atoms. The van der Waals surface area contributed by atoms with Crippen LogP contribution in [-0.2, 0) is 10.8 Å². The standard InChI is InChI=1S/C21H28N2O2S/c1-20(2,3)15-9-14(10-16(11-15)21(4,5)6)18(24)23-12-17(13-23)25-19-22-7-8-26-19/h7-11,17H,12-13H2,1-6H3. The monoisotopic (exact) mass is 372 g/mol. The van der Waals surface area contributed by atoms with Crippen molar-refractivity contribution in [2.75, 3.05) is 13.1 Å². The van der Waals surface area contributed by atoms with Crippen molar-refractivity contribution in [3.63, 3.8) is 0 Å². The van der Waals surface area contributed by atoms with E-state index in [1.165, 1.54) is 22.5 Å². The Morgan fingerprint density at radius 3 is 2.12 bits per heavy atom. The van der Waals surface area contributed by atoms with Crippen molar-refractivity contribution < 1.29 is 9.53 Å². The lowest BCUT2D eigenvalue weighted by Crippen LogP contribution is -2.56. The third-order valence-electron chi connectivity index (χ3n) is 4.72. The molecule has 3 rings (SSSR count). The number of nitrogens with zero attached hydrogens (tertiary/aromatic N) is 2. The number of aromatic nitrogens is 1. The summed E-state index contributed by atoms with van der Waals surface area (Å²) < 4.78 is 5.78. The highest BCUT2D eigenvalue weighted by Gasteiger charge is 2.34. The second-order valence-electron chi connectivity index (χ2n) is 9.05. The van der Waals surface area contributed by atoms with Crippen molar-refractivity contribution in [2.24, 2.45) is 0 Å².